The second-order valence-electron chi connectivity index (χ2n) is 7.42. The van der Waals surface area contributed by atoms with Crippen LogP contribution in [0.4, 0.5) is 5.69 Å². The SMILES string of the molecule is CCN(CC)Cc1cc(=O)n(CC(=O)Nc2cccc(Cl)c2C)c2c1c(C)nn2C. The van der Waals surface area contributed by atoms with Gasteiger partial charge >= 0.3 is 0 Å². The van der Waals surface area contributed by atoms with Gasteiger partial charge in [0.15, 0.2) is 0 Å². The Balaban J connectivity index is 2.00. The molecule has 0 spiro atoms. The molecule has 0 aliphatic rings. The van der Waals surface area contributed by atoms with Gasteiger partial charge in [0.05, 0.1) is 5.69 Å². The fourth-order valence-corrected chi connectivity index (χ4v) is 3.95. The van der Waals surface area contributed by atoms with Gasteiger partial charge in [0.1, 0.15) is 12.2 Å². The molecule has 0 saturated carbocycles. The number of benzene rings is 1. The fourth-order valence-electron chi connectivity index (χ4n) is 3.78. The molecule has 2 heterocycles. The number of amides is 1. The molecule has 0 fully saturated rings. The van der Waals surface area contributed by atoms with Crippen LogP contribution in [0.1, 0.15) is 30.7 Å². The molecule has 2 aromatic heterocycles. The summed E-state index contributed by atoms with van der Waals surface area (Å²) in [5, 5.41) is 8.89. The first-order chi connectivity index (χ1) is 14.3. The Morgan fingerprint density at radius 1 is 1.23 bits per heavy atom. The summed E-state index contributed by atoms with van der Waals surface area (Å²) in [5.41, 5.74) is 3.64. The highest BCUT2D eigenvalue weighted by Gasteiger charge is 2.19. The van der Waals surface area contributed by atoms with Gasteiger partial charge in [-0.2, -0.15) is 5.10 Å². The third-order valence-corrected chi connectivity index (χ3v) is 5.87. The second kappa shape index (κ2) is 9.02. The van der Waals surface area contributed by atoms with Gasteiger partial charge in [-0.05, 0) is 50.2 Å². The maximum absolute atomic E-state index is 13.0. The number of aromatic nitrogens is 3. The van der Waals surface area contributed by atoms with E-state index < -0.39 is 0 Å². The summed E-state index contributed by atoms with van der Waals surface area (Å²) in [5.74, 6) is -0.292. The van der Waals surface area contributed by atoms with Crippen molar-refractivity contribution in [3.63, 3.8) is 0 Å². The van der Waals surface area contributed by atoms with E-state index in [1.165, 1.54) is 4.57 Å². The van der Waals surface area contributed by atoms with E-state index in [-0.39, 0.29) is 18.0 Å². The molecule has 0 aliphatic heterocycles. The van der Waals surface area contributed by atoms with Gasteiger partial charge in [0.2, 0.25) is 5.91 Å². The first kappa shape index (κ1) is 22.1. The molecule has 0 aliphatic carbocycles. The van der Waals surface area contributed by atoms with E-state index in [1.807, 2.05) is 13.8 Å². The summed E-state index contributed by atoms with van der Waals surface area (Å²) in [4.78, 5) is 28.0. The number of fused-ring (bicyclic) bond motifs is 1. The molecule has 3 aromatic rings. The topological polar surface area (TPSA) is 72.2 Å². The maximum atomic E-state index is 13.0. The van der Waals surface area contributed by atoms with Crippen molar-refractivity contribution in [1.29, 1.82) is 0 Å². The van der Waals surface area contributed by atoms with Crippen LogP contribution in [0, 0.1) is 13.8 Å². The quantitative estimate of drug-likeness (QED) is 0.624. The first-order valence-corrected chi connectivity index (χ1v) is 10.5. The summed E-state index contributed by atoms with van der Waals surface area (Å²) in [6.07, 6.45) is 0. The molecule has 3 rings (SSSR count). The third kappa shape index (κ3) is 4.27. The van der Waals surface area contributed by atoms with Gasteiger partial charge in [-0.25, -0.2) is 0 Å². The van der Waals surface area contributed by atoms with Gasteiger partial charge in [-0.15, -0.1) is 0 Å². The Morgan fingerprint density at radius 3 is 2.60 bits per heavy atom. The standard InChI is InChI=1S/C22H28ClN5O2/c1-6-27(7-2)12-16-11-20(30)28(22-21(16)15(4)25-26(22)5)13-19(29)24-18-10-8-9-17(23)14(18)3/h8-11H,6-7,12-13H2,1-5H3,(H,24,29). The number of halogens is 1. The van der Waals surface area contributed by atoms with E-state index in [0.29, 0.717) is 22.9 Å². The van der Waals surface area contributed by atoms with Crippen LogP contribution in [-0.2, 0) is 24.9 Å². The van der Waals surface area contributed by atoms with Crippen molar-refractivity contribution in [1.82, 2.24) is 19.2 Å². The average Bonchev–Trinajstić information content (AvgIpc) is 3.00. The van der Waals surface area contributed by atoms with Crippen LogP contribution < -0.4 is 10.9 Å². The van der Waals surface area contributed by atoms with Crippen LogP contribution in [-0.4, -0.2) is 38.2 Å². The van der Waals surface area contributed by atoms with Crippen LogP contribution in [0.3, 0.4) is 0 Å². The van der Waals surface area contributed by atoms with Crippen LogP contribution in [0.5, 0.6) is 0 Å². The summed E-state index contributed by atoms with van der Waals surface area (Å²) in [7, 11) is 1.80. The number of pyridine rings is 1. The molecule has 0 unspecified atom stereocenters. The molecule has 0 atom stereocenters. The van der Waals surface area contributed by atoms with Crippen molar-refractivity contribution in [3.05, 3.63) is 56.5 Å². The van der Waals surface area contributed by atoms with E-state index in [2.05, 4.69) is 29.2 Å². The number of aryl methyl sites for hydroxylation is 2. The normalized spacial score (nSPS) is 11.4. The fraction of sp³-hybridized carbons (Fsp3) is 0.409. The third-order valence-electron chi connectivity index (χ3n) is 5.46. The molecule has 1 N–H and O–H groups in total. The molecule has 160 valence electrons. The number of nitrogens with zero attached hydrogens (tertiary/aromatic N) is 4. The van der Waals surface area contributed by atoms with Crippen molar-refractivity contribution in [2.24, 2.45) is 7.05 Å². The zero-order chi connectivity index (χ0) is 22.0. The van der Waals surface area contributed by atoms with E-state index in [1.54, 1.807) is 36.0 Å². The van der Waals surface area contributed by atoms with Crippen LogP contribution >= 0.6 is 11.6 Å². The zero-order valence-electron chi connectivity index (χ0n) is 18.1. The summed E-state index contributed by atoms with van der Waals surface area (Å²) >= 11 is 6.15. The Morgan fingerprint density at radius 2 is 1.93 bits per heavy atom. The molecule has 8 heteroatoms. The van der Waals surface area contributed by atoms with Crippen molar-refractivity contribution in [3.8, 4) is 0 Å². The van der Waals surface area contributed by atoms with E-state index in [4.69, 9.17) is 11.6 Å². The number of nitrogens with one attached hydrogen (secondary N) is 1. The molecular formula is C22H28ClN5O2. The number of rotatable bonds is 7. The summed E-state index contributed by atoms with van der Waals surface area (Å²) < 4.78 is 3.16. The summed E-state index contributed by atoms with van der Waals surface area (Å²) in [6, 6.07) is 6.97. The lowest BCUT2D eigenvalue weighted by molar-refractivity contribution is -0.116. The van der Waals surface area contributed by atoms with Gasteiger partial charge < -0.3 is 5.32 Å². The highest BCUT2D eigenvalue weighted by Crippen LogP contribution is 2.24. The minimum Gasteiger partial charge on any atom is -0.324 e. The number of carbonyl (C=O) groups excluding carboxylic acids is 1. The molecular weight excluding hydrogens is 402 g/mol. The molecule has 1 aromatic carbocycles. The molecule has 0 radical (unpaired) electrons. The maximum Gasteiger partial charge on any atom is 0.252 e. The number of anilines is 1. The van der Waals surface area contributed by atoms with Crippen molar-refractivity contribution in [2.75, 3.05) is 18.4 Å². The zero-order valence-corrected chi connectivity index (χ0v) is 18.9. The second-order valence-corrected chi connectivity index (χ2v) is 7.83. The number of hydrogen-bond acceptors (Lipinski definition) is 4. The van der Waals surface area contributed by atoms with Crippen LogP contribution in [0.25, 0.3) is 11.0 Å². The van der Waals surface area contributed by atoms with E-state index >= 15 is 0 Å². The van der Waals surface area contributed by atoms with Crippen molar-refractivity contribution in [2.45, 2.75) is 40.8 Å². The summed E-state index contributed by atoms with van der Waals surface area (Å²) in [6.45, 7) is 10.3. The van der Waals surface area contributed by atoms with E-state index in [9.17, 15) is 9.59 Å². The molecule has 0 bridgehead atoms. The van der Waals surface area contributed by atoms with Crippen molar-refractivity contribution >= 4 is 34.2 Å². The molecule has 30 heavy (non-hydrogen) atoms. The Hall–Kier alpha value is -2.64. The van der Waals surface area contributed by atoms with Gasteiger partial charge in [0.25, 0.3) is 5.56 Å². The predicted octanol–water partition coefficient (Wildman–Crippen LogP) is 3.49. The van der Waals surface area contributed by atoms with Gasteiger partial charge in [0, 0.05) is 35.8 Å². The number of hydrogen-bond donors (Lipinski definition) is 1. The smallest absolute Gasteiger partial charge is 0.252 e. The minimum atomic E-state index is -0.292. The Kier molecular flexibility index (Phi) is 6.63. The molecule has 1 amide bonds. The lowest BCUT2D eigenvalue weighted by Gasteiger charge is -2.19. The highest BCUT2D eigenvalue weighted by atomic mass is 35.5. The van der Waals surface area contributed by atoms with Crippen molar-refractivity contribution < 1.29 is 4.79 Å². The number of carbonyl (C=O) groups is 1. The Labute approximate surface area is 181 Å². The van der Waals surface area contributed by atoms with Crippen LogP contribution in [0.15, 0.2) is 29.1 Å². The average molecular weight is 430 g/mol. The molecule has 0 saturated heterocycles. The lowest BCUT2D eigenvalue weighted by atomic mass is 10.1. The van der Waals surface area contributed by atoms with Gasteiger partial charge in [-0.3, -0.25) is 23.7 Å². The van der Waals surface area contributed by atoms with Crippen LogP contribution in [0.2, 0.25) is 5.02 Å². The minimum absolute atomic E-state index is 0.105. The highest BCUT2D eigenvalue weighted by molar-refractivity contribution is 6.31. The molecule has 7 nitrogen and oxygen atoms in total. The predicted molar refractivity (Wildman–Crippen MR) is 121 cm³/mol. The monoisotopic (exact) mass is 429 g/mol. The largest absolute Gasteiger partial charge is 0.324 e. The Bertz CT molecular complexity index is 1140. The lowest BCUT2D eigenvalue weighted by Crippen LogP contribution is -2.30. The van der Waals surface area contributed by atoms with Gasteiger partial charge in [-0.1, -0.05) is 31.5 Å². The first-order valence-electron chi connectivity index (χ1n) is 10.1. The van der Waals surface area contributed by atoms with E-state index in [0.717, 1.165) is 35.3 Å².